The summed E-state index contributed by atoms with van der Waals surface area (Å²) < 4.78 is 9.12. The van der Waals surface area contributed by atoms with Crippen molar-refractivity contribution in [3.8, 4) is 22.5 Å². The van der Waals surface area contributed by atoms with Crippen LogP contribution in [0.2, 0.25) is 0 Å². The molecule has 0 unspecified atom stereocenters. The standard InChI is InChI=1S/C26H28N8O3/c1-16(35)32-10-9-31(25(36)26(32,2)3)18-6-4-5-17(11-18)22-12-20(23-24(27)28-15-30-34(22)23)21-7-8-29-33(21)19-13-37-14-19/h4-8,11-12,15,19H,9-10,13-14H2,1-3H3,(H2,27,28,30). The van der Waals surface area contributed by atoms with E-state index in [4.69, 9.17) is 10.5 Å². The van der Waals surface area contributed by atoms with Gasteiger partial charge in [0.2, 0.25) is 5.91 Å². The summed E-state index contributed by atoms with van der Waals surface area (Å²) in [4.78, 5) is 33.1. The van der Waals surface area contributed by atoms with E-state index in [1.807, 2.05) is 41.1 Å². The van der Waals surface area contributed by atoms with Gasteiger partial charge in [0.15, 0.2) is 5.82 Å². The lowest BCUT2D eigenvalue weighted by molar-refractivity contribution is -0.145. The van der Waals surface area contributed by atoms with Crippen LogP contribution in [-0.2, 0) is 14.3 Å². The quantitative estimate of drug-likeness (QED) is 0.456. The summed E-state index contributed by atoms with van der Waals surface area (Å²) in [5, 5.41) is 9.04. The maximum atomic E-state index is 13.4. The average Bonchev–Trinajstić information content (AvgIpc) is 3.45. The molecule has 2 saturated heterocycles. The molecule has 2 aliphatic rings. The van der Waals surface area contributed by atoms with Crippen molar-refractivity contribution < 1.29 is 14.3 Å². The fourth-order valence-corrected chi connectivity index (χ4v) is 5.31. The Morgan fingerprint density at radius 3 is 2.65 bits per heavy atom. The van der Waals surface area contributed by atoms with Gasteiger partial charge in [-0.2, -0.15) is 10.2 Å². The number of benzene rings is 1. The van der Waals surface area contributed by atoms with E-state index in [0.717, 1.165) is 28.2 Å². The highest BCUT2D eigenvalue weighted by atomic mass is 16.5. The van der Waals surface area contributed by atoms with Crippen molar-refractivity contribution >= 4 is 28.8 Å². The molecule has 11 nitrogen and oxygen atoms in total. The predicted octanol–water partition coefficient (Wildman–Crippen LogP) is 2.39. The molecule has 37 heavy (non-hydrogen) atoms. The molecule has 0 atom stereocenters. The molecular formula is C26H28N8O3. The minimum atomic E-state index is -0.930. The van der Waals surface area contributed by atoms with E-state index in [1.165, 1.54) is 13.3 Å². The normalized spacial score (nSPS) is 17.9. The number of ether oxygens (including phenoxy) is 1. The summed E-state index contributed by atoms with van der Waals surface area (Å²) in [6.07, 6.45) is 3.20. The molecule has 2 N–H and O–H groups in total. The number of aromatic nitrogens is 5. The van der Waals surface area contributed by atoms with Crippen molar-refractivity contribution in [2.45, 2.75) is 32.4 Å². The van der Waals surface area contributed by atoms with Gasteiger partial charge in [0.25, 0.3) is 5.91 Å². The maximum Gasteiger partial charge on any atom is 0.252 e. The highest BCUT2D eigenvalue weighted by Gasteiger charge is 2.43. The van der Waals surface area contributed by atoms with Gasteiger partial charge in [-0.1, -0.05) is 12.1 Å². The van der Waals surface area contributed by atoms with Crippen molar-refractivity contribution in [3.05, 3.63) is 48.9 Å². The number of hydrogen-bond acceptors (Lipinski definition) is 7. The Hall–Kier alpha value is -4.25. The minimum absolute atomic E-state index is 0.107. The Morgan fingerprint density at radius 1 is 1.11 bits per heavy atom. The first-order valence-corrected chi connectivity index (χ1v) is 12.2. The van der Waals surface area contributed by atoms with E-state index in [-0.39, 0.29) is 17.9 Å². The summed E-state index contributed by atoms with van der Waals surface area (Å²) in [6.45, 7) is 7.19. The number of carbonyl (C=O) groups excluding carboxylic acids is 2. The second-order valence-corrected chi connectivity index (χ2v) is 9.94. The van der Waals surface area contributed by atoms with Crippen LogP contribution in [0.25, 0.3) is 28.0 Å². The third-order valence-electron chi connectivity index (χ3n) is 7.32. The molecule has 2 amide bonds. The van der Waals surface area contributed by atoms with E-state index < -0.39 is 5.54 Å². The van der Waals surface area contributed by atoms with Crippen LogP contribution in [0.3, 0.4) is 0 Å². The lowest BCUT2D eigenvalue weighted by atomic mass is 9.96. The lowest BCUT2D eigenvalue weighted by Gasteiger charge is -2.45. The van der Waals surface area contributed by atoms with Gasteiger partial charge in [0, 0.05) is 43.0 Å². The van der Waals surface area contributed by atoms with Gasteiger partial charge in [-0.05, 0) is 38.1 Å². The van der Waals surface area contributed by atoms with E-state index in [0.29, 0.717) is 37.6 Å². The van der Waals surface area contributed by atoms with Crippen LogP contribution in [0.5, 0.6) is 0 Å². The molecule has 1 aromatic carbocycles. The number of rotatable bonds is 4. The maximum absolute atomic E-state index is 13.4. The highest BCUT2D eigenvalue weighted by Crippen LogP contribution is 2.37. The van der Waals surface area contributed by atoms with Crippen molar-refractivity contribution in [3.63, 3.8) is 0 Å². The van der Waals surface area contributed by atoms with Gasteiger partial charge in [-0.25, -0.2) is 9.50 Å². The van der Waals surface area contributed by atoms with Crippen molar-refractivity contribution in [2.75, 3.05) is 36.9 Å². The molecule has 2 fully saturated rings. The monoisotopic (exact) mass is 500 g/mol. The zero-order valence-corrected chi connectivity index (χ0v) is 21.0. The van der Waals surface area contributed by atoms with E-state index in [1.54, 1.807) is 34.4 Å². The zero-order chi connectivity index (χ0) is 25.9. The first-order chi connectivity index (χ1) is 17.8. The average molecular weight is 501 g/mol. The third kappa shape index (κ3) is 3.57. The number of nitrogens with two attached hydrogens (primary N) is 1. The van der Waals surface area contributed by atoms with Gasteiger partial charge >= 0.3 is 0 Å². The van der Waals surface area contributed by atoms with E-state index >= 15 is 0 Å². The topological polar surface area (TPSA) is 124 Å². The smallest absolute Gasteiger partial charge is 0.252 e. The van der Waals surface area contributed by atoms with Gasteiger partial charge in [-0.3, -0.25) is 14.3 Å². The largest absolute Gasteiger partial charge is 0.382 e. The van der Waals surface area contributed by atoms with Crippen LogP contribution in [0.15, 0.2) is 48.9 Å². The Kier molecular flexibility index (Phi) is 5.27. The fraction of sp³-hybridized carbons (Fsp3) is 0.346. The van der Waals surface area contributed by atoms with Crippen LogP contribution >= 0.6 is 0 Å². The number of carbonyl (C=O) groups is 2. The Morgan fingerprint density at radius 2 is 1.92 bits per heavy atom. The number of fused-ring (bicyclic) bond motifs is 1. The molecule has 0 aliphatic carbocycles. The Balaban J connectivity index is 1.44. The lowest BCUT2D eigenvalue weighted by Crippen LogP contribution is -2.64. The van der Waals surface area contributed by atoms with E-state index in [2.05, 4.69) is 15.2 Å². The predicted molar refractivity (Wildman–Crippen MR) is 138 cm³/mol. The molecule has 3 aromatic heterocycles. The first kappa shape index (κ1) is 23.2. The number of nitrogen functional groups attached to an aromatic ring is 1. The number of piperazine rings is 1. The summed E-state index contributed by atoms with van der Waals surface area (Å²) in [5.41, 5.74) is 10.3. The highest BCUT2D eigenvalue weighted by molar-refractivity contribution is 6.03. The summed E-state index contributed by atoms with van der Waals surface area (Å²) in [7, 11) is 0. The summed E-state index contributed by atoms with van der Waals surface area (Å²) in [5.74, 6) is 0.135. The number of hydrogen-bond donors (Lipinski definition) is 1. The Labute approximate surface area is 213 Å². The second-order valence-electron chi connectivity index (χ2n) is 9.94. The van der Waals surface area contributed by atoms with Crippen LogP contribution in [-0.4, -0.2) is 72.9 Å². The molecule has 2 aliphatic heterocycles. The molecule has 4 aromatic rings. The van der Waals surface area contributed by atoms with Gasteiger partial charge in [-0.15, -0.1) is 0 Å². The molecule has 6 rings (SSSR count). The third-order valence-corrected chi connectivity index (χ3v) is 7.32. The van der Waals surface area contributed by atoms with Crippen molar-refractivity contribution in [1.29, 1.82) is 0 Å². The zero-order valence-electron chi connectivity index (χ0n) is 21.0. The van der Waals surface area contributed by atoms with Crippen molar-refractivity contribution in [1.82, 2.24) is 29.3 Å². The van der Waals surface area contributed by atoms with Gasteiger partial charge < -0.3 is 20.3 Å². The van der Waals surface area contributed by atoms with Crippen LogP contribution in [0, 0.1) is 0 Å². The minimum Gasteiger partial charge on any atom is -0.382 e. The van der Waals surface area contributed by atoms with Gasteiger partial charge in [0.05, 0.1) is 30.6 Å². The fourth-order valence-electron chi connectivity index (χ4n) is 5.31. The molecule has 11 heteroatoms. The van der Waals surface area contributed by atoms with Crippen LogP contribution in [0.4, 0.5) is 11.5 Å². The molecule has 190 valence electrons. The molecule has 0 bridgehead atoms. The second kappa shape index (κ2) is 8.41. The first-order valence-electron chi connectivity index (χ1n) is 12.2. The molecule has 0 radical (unpaired) electrons. The molecule has 5 heterocycles. The van der Waals surface area contributed by atoms with Gasteiger partial charge in [0.1, 0.15) is 17.4 Å². The van der Waals surface area contributed by atoms with E-state index in [9.17, 15) is 9.59 Å². The number of anilines is 2. The molecule has 0 spiro atoms. The van der Waals surface area contributed by atoms with Crippen LogP contribution < -0.4 is 10.6 Å². The number of amides is 2. The number of nitrogens with zero attached hydrogens (tertiary/aromatic N) is 7. The Bertz CT molecular complexity index is 1530. The summed E-state index contributed by atoms with van der Waals surface area (Å²) in [6, 6.07) is 11.9. The molecular weight excluding hydrogens is 472 g/mol. The SMILES string of the molecule is CC(=O)N1CCN(c2cccc(-c3cc(-c4ccnn4C4COC4)c4c(N)ncnn34)c2)C(=O)C1(C)C. The molecule has 0 saturated carbocycles. The summed E-state index contributed by atoms with van der Waals surface area (Å²) >= 11 is 0. The van der Waals surface area contributed by atoms with Crippen LogP contribution in [0.1, 0.15) is 26.8 Å². The van der Waals surface area contributed by atoms with Crippen molar-refractivity contribution in [2.24, 2.45) is 0 Å².